The fourth-order valence-corrected chi connectivity index (χ4v) is 3.82. The van der Waals surface area contributed by atoms with Gasteiger partial charge < -0.3 is 10.1 Å². The van der Waals surface area contributed by atoms with Crippen LogP contribution in [0.5, 0.6) is 5.75 Å². The summed E-state index contributed by atoms with van der Waals surface area (Å²) in [6, 6.07) is 11.5. The number of aryl methyl sites for hydroxylation is 1. The van der Waals surface area contributed by atoms with Crippen LogP contribution in [0.25, 0.3) is 10.7 Å². The van der Waals surface area contributed by atoms with Crippen LogP contribution in [0.1, 0.15) is 20.9 Å². The summed E-state index contributed by atoms with van der Waals surface area (Å²) in [5.41, 5.74) is 2.29. The topological polar surface area (TPSA) is 81.9 Å². The molecule has 0 aliphatic rings. The molecule has 158 valence electrons. The summed E-state index contributed by atoms with van der Waals surface area (Å²) >= 11 is 1.31. The largest absolute Gasteiger partial charge is 0.492 e. The molecule has 1 amide bonds. The average Bonchev–Trinajstić information content (AvgIpc) is 3.41. The van der Waals surface area contributed by atoms with Gasteiger partial charge in [0.2, 0.25) is 0 Å². The number of hydrogen-bond acceptors (Lipinski definition) is 6. The normalized spacial score (nSPS) is 10.8. The number of rotatable bonds is 8. The maximum atomic E-state index is 12.9. The fraction of sp³-hybridized carbons (Fsp3) is 0.182. The summed E-state index contributed by atoms with van der Waals surface area (Å²) in [5.74, 6) is 0.136. The Balaban J connectivity index is 1.35. The van der Waals surface area contributed by atoms with Crippen LogP contribution in [0.15, 0.2) is 61.1 Å². The number of halogens is 1. The van der Waals surface area contributed by atoms with Crippen molar-refractivity contribution >= 4 is 17.2 Å². The Bertz CT molecular complexity index is 1160. The molecule has 3 aromatic heterocycles. The number of ether oxygens (including phenoxy) is 1. The lowest BCUT2D eigenvalue weighted by Gasteiger charge is -2.05. The first kappa shape index (κ1) is 20.7. The zero-order valence-corrected chi connectivity index (χ0v) is 17.6. The molecule has 0 radical (unpaired) electrons. The Kier molecular flexibility index (Phi) is 6.32. The number of nitrogens with zero attached hydrogens (tertiary/aromatic N) is 4. The highest BCUT2D eigenvalue weighted by atomic mass is 32.1. The molecule has 0 aliphatic carbocycles. The van der Waals surface area contributed by atoms with E-state index in [0.717, 1.165) is 5.56 Å². The van der Waals surface area contributed by atoms with E-state index in [4.69, 9.17) is 4.74 Å². The Morgan fingerprint density at radius 1 is 1.23 bits per heavy atom. The van der Waals surface area contributed by atoms with Gasteiger partial charge in [0.25, 0.3) is 5.91 Å². The summed E-state index contributed by atoms with van der Waals surface area (Å²) in [6.45, 7) is 3.14. The van der Waals surface area contributed by atoms with Crippen molar-refractivity contribution in [3.8, 4) is 16.5 Å². The minimum Gasteiger partial charge on any atom is -0.492 e. The molecule has 0 fully saturated rings. The SMILES string of the molecule is Cc1nc(-c2ccn(CCOc3ccc(F)cc3)n2)sc1C(=O)NCc1cccnc1. The van der Waals surface area contributed by atoms with Gasteiger partial charge in [0, 0.05) is 25.1 Å². The van der Waals surface area contributed by atoms with Crippen molar-refractivity contribution in [1.29, 1.82) is 0 Å². The predicted octanol–water partition coefficient (Wildman–Crippen LogP) is 3.86. The maximum Gasteiger partial charge on any atom is 0.263 e. The van der Waals surface area contributed by atoms with Gasteiger partial charge >= 0.3 is 0 Å². The van der Waals surface area contributed by atoms with E-state index in [1.54, 1.807) is 29.2 Å². The van der Waals surface area contributed by atoms with Crippen LogP contribution in [0.3, 0.4) is 0 Å². The highest BCUT2D eigenvalue weighted by molar-refractivity contribution is 7.17. The summed E-state index contributed by atoms with van der Waals surface area (Å²) in [7, 11) is 0. The minimum atomic E-state index is -0.298. The number of hydrogen-bond donors (Lipinski definition) is 1. The molecule has 31 heavy (non-hydrogen) atoms. The third-order valence-electron chi connectivity index (χ3n) is 4.44. The summed E-state index contributed by atoms with van der Waals surface area (Å²) < 4.78 is 20.3. The summed E-state index contributed by atoms with van der Waals surface area (Å²) in [5, 5.41) is 8.10. The average molecular weight is 438 g/mol. The zero-order chi connectivity index (χ0) is 21.6. The first-order chi connectivity index (χ1) is 15.1. The minimum absolute atomic E-state index is 0.169. The highest BCUT2D eigenvalue weighted by Crippen LogP contribution is 2.26. The maximum absolute atomic E-state index is 12.9. The summed E-state index contributed by atoms with van der Waals surface area (Å²) in [4.78, 5) is 21.7. The molecule has 0 atom stereocenters. The number of thiazole rings is 1. The van der Waals surface area contributed by atoms with Gasteiger partial charge in [-0.2, -0.15) is 5.10 Å². The third kappa shape index (κ3) is 5.32. The number of pyridine rings is 1. The molecule has 0 spiro atoms. The van der Waals surface area contributed by atoms with E-state index < -0.39 is 0 Å². The van der Waals surface area contributed by atoms with Gasteiger partial charge in [-0.05, 0) is 48.9 Å². The third-order valence-corrected chi connectivity index (χ3v) is 5.62. The molecule has 4 rings (SSSR count). The summed E-state index contributed by atoms with van der Waals surface area (Å²) in [6.07, 6.45) is 5.25. The molecule has 0 saturated heterocycles. The molecular formula is C22H20FN5O2S. The fourth-order valence-electron chi connectivity index (χ4n) is 2.87. The number of aromatic nitrogens is 4. The highest BCUT2D eigenvalue weighted by Gasteiger charge is 2.17. The van der Waals surface area contributed by atoms with Crippen LogP contribution in [0.4, 0.5) is 4.39 Å². The van der Waals surface area contributed by atoms with Crippen LogP contribution >= 0.6 is 11.3 Å². The van der Waals surface area contributed by atoms with Crippen LogP contribution < -0.4 is 10.1 Å². The second-order valence-electron chi connectivity index (χ2n) is 6.74. The Hall–Kier alpha value is -3.59. The second kappa shape index (κ2) is 9.48. The monoisotopic (exact) mass is 437 g/mol. The van der Waals surface area contributed by atoms with Crippen molar-refractivity contribution in [2.75, 3.05) is 6.61 Å². The molecule has 0 aliphatic heterocycles. The first-order valence-corrected chi connectivity index (χ1v) is 10.5. The van der Waals surface area contributed by atoms with E-state index in [1.165, 1.54) is 23.5 Å². The van der Waals surface area contributed by atoms with E-state index in [0.29, 0.717) is 46.7 Å². The van der Waals surface area contributed by atoms with Crippen molar-refractivity contribution < 1.29 is 13.9 Å². The van der Waals surface area contributed by atoms with Gasteiger partial charge in [-0.25, -0.2) is 9.37 Å². The lowest BCUT2D eigenvalue weighted by Crippen LogP contribution is -2.22. The van der Waals surface area contributed by atoms with Crippen LogP contribution in [-0.2, 0) is 13.1 Å². The van der Waals surface area contributed by atoms with E-state index in [2.05, 4.69) is 20.4 Å². The van der Waals surface area contributed by atoms with Gasteiger partial charge in [-0.3, -0.25) is 14.5 Å². The second-order valence-corrected chi connectivity index (χ2v) is 7.74. The van der Waals surface area contributed by atoms with Crippen molar-refractivity contribution in [2.24, 2.45) is 0 Å². The zero-order valence-electron chi connectivity index (χ0n) is 16.8. The molecule has 1 N–H and O–H groups in total. The quantitative estimate of drug-likeness (QED) is 0.453. The lowest BCUT2D eigenvalue weighted by molar-refractivity contribution is 0.0954. The molecule has 4 aromatic rings. The van der Waals surface area contributed by atoms with E-state index in [9.17, 15) is 9.18 Å². The standard InChI is InChI=1S/C22H20FN5O2S/c1-15-20(21(29)25-14-16-3-2-9-24-13-16)31-22(26-15)19-8-10-28(27-19)11-12-30-18-6-4-17(23)5-7-18/h2-10,13H,11-12,14H2,1H3,(H,25,29). The van der Waals surface area contributed by atoms with E-state index in [1.807, 2.05) is 31.3 Å². The van der Waals surface area contributed by atoms with Crippen molar-refractivity contribution in [1.82, 2.24) is 25.1 Å². The van der Waals surface area contributed by atoms with E-state index in [-0.39, 0.29) is 11.7 Å². The van der Waals surface area contributed by atoms with Crippen molar-refractivity contribution in [3.63, 3.8) is 0 Å². The number of benzene rings is 1. The molecule has 3 heterocycles. The lowest BCUT2D eigenvalue weighted by atomic mass is 10.3. The number of carbonyl (C=O) groups is 1. The molecule has 9 heteroatoms. The molecule has 1 aromatic carbocycles. The van der Waals surface area contributed by atoms with Gasteiger partial charge in [-0.1, -0.05) is 6.07 Å². The predicted molar refractivity (Wildman–Crippen MR) is 115 cm³/mol. The van der Waals surface area contributed by atoms with Gasteiger partial charge in [-0.15, -0.1) is 11.3 Å². The van der Waals surface area contributed by atoms with Gasteiger partial charge in [0.1, 0.15) is 33.8 Å². The van der Waals surface area contributed by atoms with Crippen LogP contribution in [0.2, 0.25) is 0 Å². The molecule has 7 nitrogen and oxygen atoms in total. The molecule has 0 bridgehead atoms. The molecular weight excluding hydrogens is 417 g/mol. The Morgan fingerprint density at radius 3 is 2.84 bits per heavy atom. The first-order valence-electron chi connectivity index (χ1n) is 9.65. The Morgan fingerprint density at radius 2 is 2.06 bits per heavy atom. The van der Waals surface area contributed by atoms with Gasteiger partial charge in [0.05, 0.1) is 12.2 Å². The van der Waals surface area contributed by atoms with E-state index >= 15 is 0 Å². The molecule has 0 unspecified atom stereocenters. The smallest absolute Gasteiger partial charge is 0.263 e. The Labute approximate surface area is 182 Å². The van der Waals surface area contributed by atoms with Crippen molar-refractivity contribution in [2.45, 2.75) is 20.0 Å². The van der Waals surface area contributed by atoms with Crippen LogP contribution in [-0.4, -0.2) is 32.3 Å². The van der Waals surface area contributed by atoms with Crippen molar-refractivity contribution in [3.05, 3.63) is 83.0 Å². The van der Waals surface area contributed by atoms with Gasteiger partial charge in [0.15, 0.2) is 0 Å². The number of amides is 1. The molecule has 0 saturated carbocycles. The number of nitrogens with one attached hydrogen (secondary N) is 1. The number of carbonyl (C=O) groups excluding carboxylic acids is 1. The van der Waals surface area contributed by atoms with Crippen LogP contribution in [0, 0.1) is 12.7 Å².